The van der Waals surface area contributed by atoms with E-state index in [4.69, 9.17) is 27.9 Å². The van der Waals surface area contributed by atoms with Crippen molar-refractivity contribution in [3.63, 3.8) is 0 Å². The lowest BCUT2D eigenvalue weighted by atomic mass is 10.2. The molecule has 1 aromatic carbocycles. The maximum absolute atomic E-state index is 11.9. The fourth-order valence-electron chi connectivity index (χ4n) is 1.41. The summed E-state index contributed by atoms with van der Waals surface area (Å²) in [6.07, 6.45) is 1.32. The number of rotatable bonds is 3. The number of ether oxygens (including phenoxy) is 1. The van der Waals surface area contributed by atoms with Crippen molar-refractivity contribution in [2.45, 2.75) is 6.61 Å². The van der Waals surface area contributed by atoms with Crippen molar-refractivity contribution in [2.75, 3.05) is 0 Å². The molecule has 0 N–H and O–H groups in total. The van der Waals surface area contributed by atoms with Crippen LogP contribution in [0, 0.1) is 0 Å². The second-order valence-electron chi connectivity index (χ2n) is 3.65. The molecular weight excluding hydrogens is 353 g/mol. The zero-order chi connectivity index (χ0) is 13.8. The van der Waals surface area contributed by atoms with Crippen LogP contribution in [0.1, 0.15) is 15.9 Å². The molecular formula is C13H8BrCl2NO2. The van der Waals surface area contributed by atoms with Crippen LogP contribution in [0.3, 0.4) is 0 Å². The maximum Gasteiger partial charge on any atom is 0.340 e. The number of aromatic nitrogens is 1. The molecule has 6 heteroatoms. The third-order valence-electron chi connectivity index (χ3n) is 2.36. The van der Waals surface area contributed by atoms with E-state index >= 15 is 0 Å². The molecule has 0 aliphatic carbocycles. The van der Waals surface area contributed by atoms with E-state index in [2.05, 4.69) is 20.9 Å². The van der Waals surface area contributed by atoms with Crippen molar-refractivity contribution in [2.24, 2.45) is 0 Å². The van der Waals surface area contributed by atoms with Gasteiger partial charge in [-0.1, -0.05) is 57.3 Å². The number of benzene rings is 1. The fraction of sp³-hybridized carbons (Fsp3) is 0.0769. The van der Waals surface area contributed by atoms with Gasteiger partial charge in [0.25, 0.3) is 0 Å². The molecule has 0 saturated carbocycles. The predicted molar refractivity (Wildman–Crippen MR) is 77.5 cm³/mol. The van der Waals surface area contributed by atoms with Gasteiger partial charge in [-0.05, 0) is 12.1 Å². The van der Waals surface area contributed by atoms with Crippen LogP contribution in [0.5, 0.6) is 0 Å². The third kappa shape index (κ3) is 3.69. The minimum Gasteiger partial charge on any atom is -0.457 e. The van der Waals surface area contributed by atoms with Gasteiger partial charge in [-0.25, -0.2) is 9.78 Å². The van der Waals surface area contributed by atoms with Crippen molar-refractivity contribution >= 4 is 45.1 Å². The smallest absolute Gasteiger partial charge is 0.340 e. The molecule has 2 rings (SSSR count). The summed E-state index contributed by atoms with van der Waals surface area (Å²) in [5.74, 6) is -0.537. The Balaban J connectivity index is 2.10. The van der Waals surface area contributed by atoms with Gasteiger partial charge in [0.05, 0.1) is 10.6 Å². The fourth-order valence-corrected chi connectivity index (χ4v) is 2.14. The first-order chi connectivity index (χ1) is 9.08. The molecule has 2 aromatic rings. The Hall–Kier alpha value is -1.10. The molecule has 0 aliphatic rings. The summed E-state index contributed by atoms with van der Waals surface area (Å²) in [6.45, 7) is 0.149. The lowest BCUT2D eigenvalue weighted by Gasteiger charge is -2.07. The molecule has 0 bridgehead atoms. The Morgan fingerprint density at radius 1 is 1.32 bits per heavy atom. The van der Waals surface area contributed by atoms with Gasteiger partial charge in [0.1, 0.15) is 11.8 Å². The predicted octanol–water partition coefficient (Wildman–Crippen LogP) is 4.51. The second-order valence-corrected chi connectivity index (χ2v) is 5.30. The van der Waals surface area contributed by atoms with Crippen molar-refractivity contribution in [1.82, 2.24) is 4.98 Å². The largest absolute Gasteiger partial charge is 0.457 e. The van der Waals surface area contributed by atoms with Gasteiger partial charge in [-0.15, -0.1) is 0 Å². The van der Waals surface area contributed by atoms with Crippen LogP contribution in [0.25, 0.3) is 0 Å². The summed E-state index contributed by atoms with van der Waals surface area (Å²) >= 11 is 15.0. The van der Waals surface area contributed by atoms with Gasteiger partial charge >= 0.3 is 5.97 Å². The molecule has 19 heavy (non-hydrogen) atoms. The standard InChI is InChI=1S/C13H8BrCl2NO2/c14-10-4-2-1-3-8(10)7-19-13(18)9-5-12(16)17-6-11(9)15/h1-6H,7H2. The van der Waals surface area contributed by atoms with Crippen LogP contribution in [-0.4, -0.2) is 11.0 Å². The monoisotopic (exact) mass is 359 g/mol. The highest BCUT2D eigenvalue weighted by atomic mass is 79.9. The Labute approximate surface area is 128 Å². The highest BCUT2D eigenvalue weighted by molar-refractivity contribution is 9.10. The Morgan fingerprint density at radius 2 is 2.05 bits per heavy atom. The van der Waals surface area contributed by atoms with E-state index in [1.165, 1.54) is 12.3 Å². The SMILES string of the molecule is O=C(OCc1ccccc1Br)c1cc(Cl)ncc1Cl. The van der Waals surface area contributed by atoms with Gasteiger partial charge in [0.2, 0.25) is 0 Å². The number of hydrogen-bond acceptors (Lipinski definition) is 3. The van der Waals surface area contributed by atoms with Crippen molar-refractivity contribution in [3.05, 3.63) is 62.3 Å². The van der Waals surface area contributed by atoms with E-state index in [1.807, 2.05) is 24.3 Å². The van der Waals surface area contributed by atoms with E-state index in [0.29, 0.717) is 0 Å². The minimum absolute atomic E-state index is 0.149. The molecule has 0 atom stereocenters. The maximum atomic E-state index is 11.9. The van der Waals surface area contributed by atoms with Gasteiger partial charge in [0.15, 0.2) is 0 Å². The number of esters is 1. The summed E-state index contributed by atoms with van der Waals surface area (Å²) in [6, 6.07) is 8.86. The molecule has 0 aliphatic heterocycles. The van der Waals surface area contributed by atoms with Crippen LogP contribution in [-0.2, 0) is 11.3 Å². The van der Waals surface area contributed by atoms with Crippen LogP contribution < -0.4 is 0 Å². The Bertz CT molecular complexity index is 619. The van der Waals surface area contributed by atoms with Gasteiger partial charge in [-0.3, -0.25) is 0 Å². The second kappa shape index (κ2) is 6.37. The number of pyridine rings is 1. The van der Waals surface area contributed by atoms with Gasteiger partial charge in [-0.2, -0.15) is 0 Å². The number of halogens is 3. The summed E-state index contributed by atoms with van der Waals surface area (Å²) in [5.41, 5.74) is 1.07. The molecule has 0 radical (unpaired) electrons. The number of carbonyl (C=O) groups is 1. The van der Waals surface area contributed by atoms with Crippen LogP contribution in [0.4, 0.5) is 0 Å². The topological polar surface area (TPSA) is 39.2 Å². The van der Waals surface area contributed by atoms with E-state index < -0.39 is 5.97 Å². The van der Waals surface area contributed by atoms with Crippen LogP contribution in [0.2, 0.25) is 10.2 Å². The number of nitrogens with zero attached hydrogens (tertiary/aromatic N) is 1. The Kier molecular flexibility index (Phi) is 4.80. The third-order valence-corrected chi connectivity index (χ3v) is 3.64. The van der Waals surface area contributed by atoms with Crippen molar-refractivity contribution in [3.8, 4) is 0 Å². The van der Waals surface area contributed by atoms with E-state index in [9.17, 15) is 4.79 Å². The average molecular weight is 361 g/mol. The lowest BCUT2D eigenvalue weighted by molar-refractivity contribution is 0.0472. The molecule has 1 heterocycles. The first kappa shape index (κ1) is 14.3. The minimum atomic E-state index is -0.537. The normalized spacial score (nSPS) is 10.3. The van der Waals surface area contributed by atoms with Crippen molar-refractivity contribution < 1.29 is 9.53 Å². The summed E-state index contributed by atoms with van der Waals surface area (Å²) in [4.78, 5) is 15.7. The van der Waals surface area contributed by atoms with E-state index in [1.54, 1.807) is 0 Å². The van der Waals surface area contributed by atoms with Crippen LogP contribution in [0.15, 0.2) is 41.0 Å². The highest BCUT2D eigenvalue weighted by Crippen LogP contribution is 2.21. The molecule has 0 fully saturated rings. The van der Waals surface area contributed by atoms with Crippen molar-refractivity contribution in [1.29, 1.82) is 0 Å². The molecule has 98 valence electrons. The molecule has 0 unspecified atom stereocenters. The zero-order valence-electron chi connectivity index (χ0n) is 9.57. The van der Waals surface area contributed by atoms with E-state index in [-0.39, 0.29) is 22.3 Å². The summed E-state index contributed by atoms with van der Waals surface area (Å²) in [7, 11) is 0. The first-order valence-corrected chi connectivity index (χ1v) is 6.84. The number of hydrogen-bond donors (Lipinski definition) is 0. The Morgan fingerprint density at radius 3 is 2.79 bits per heavy atom. The van der Waals surface area contributed by atoms with E-state index in [0.717, 1.165) is 10.0 Å². The van der Waals surface area contributed by atoms with Gasteiger partial charge in [0, 0.05) is 16.2 Å². The van der Waals surface area contributed by atoms with Crippen LogP contribution >= 0.6 is 39.1 Å². The molecule has 0 amide bonds. The molecule has 0 saturated heterocycles. The number of carbonyl (C=O) groups excluding carboxylic acids is 1. The zero-order valence-corrected chi connectivity index (χ0v) is 12.7. The summed E-state index contributed by atoms with van der Waals surface area (Å²) < 4.78 is 6.07. The molecule has 1 aromatic heterocycles. The highest BCUT2D eigenvalue weighted by Gasteiger charge is 2.13. The molecule has 0 spiro atoms. The quantitative estimate of drug-likeness (QED) is 0.597. The van der Waals surface area contributed by atoms with Gasteiger partial charge < -0.3 is 4.74 Å². The lowest BCUT2D eigenvalue weighted by Crippen LogP contribution is -2.06. The average Bonchev–Trinajstić information content (AvgIpc) is 2.40. The summed E-state index contributed by atoms with van der Waals surface area (Å²) in [5, 5.41) is 0.402. The molecule has 3 nitrogen and oxygen atoms in total. The first-order valence-electron chi connectivity index (χ1n) is 5.29.